The predicted octanol–water partition coefficient (Wildman–Crippen LogP) is 2.49. The molecule has 2 aromatic rings. The van der Waals surface area contributed by atoms with Gasteiger partial charge in [0.25, 0.3) is 0 Å². The summed E-state index contributed by atoms with van der Waals surface area (Å²) in [5.74, 6) is 1.22. The Labute approximate surface area is 97.9 Å². The van der Waals surface area contributed by atoms with E-state index >= 15 is 0 Å². The molecule has 0 unspecified atom stereocenters. The van der Waals surface area contributed by atoms with Gasteiger partial charge in [0, 0.05) is 17.1 Å². The van der Waals surface area contributed by atoms with Crippen molar-refractivity contribution < 1.29 is 9.47 Å². The SMILES string of the molecule is COc1cc2nc(Cl)cc(N)c2cc1OC. The summed E-state index contributed by atoms with van der Waals surface area (Å²) in [4.78, 5) is 4.17. The molecule has 5 heteroatoms. The van der Waals surface area contributed by atoms with Crippen molar-refractivity contribution in [2.24, 2.45) is 0 Å². The van der Waals surface area contributed by atoms with Crippen LogP contribution in [0, 0.1) is 0 Å². The van der Waals surface area contributed by atoms with Crippen molar-refractivity contribution in [1.29, 1.82) is 0 Å². The Kier molecular flexibility index (Phi) is 2.75. The van der Waals surface area contributed by atoms with E-state index in [9.17, 15) is 0 Å². The van der Waals surface area contributed by atoms with Gasteiger partial charge in [-0.05, 0) is 12.1 Å². The lowest BCUT2D eigenvalue weighted by molar-refractivity contribution is 0.356. The van der Waals surface area contributed by atoms with Gasteiger partial charge in [-0.25, -0.2) is 4.98 Å². The van der Waals surface area contributed by atoms with Gasteiger partial charge in [0.2, 0.25) is 0 Å². The number of rotatable bonds is 2. The highest BCUT2D eigenvalue weighted by atomic mass is 35.5. The van der Waals surface area contributed by atoms with Crippen LogP contribution in [0.4, 0.5) is 5.69 Å². The number of ether oxygens (including phenoxy) is 2. The molecule has 0 aliphatic rings. The van der Waals surface area contributed by atoms with Crippen molar-refractivity contribution in [2.75, 3.05) is 20.0 Å². The molecule has 4 nitrogen and oxygen atoms in total. The summed E-state index contributed by atoms with van der Waals surface area (Å²) in [7, 11) is 3.14. The lowest BCUT2D eigenvalue weighted by Crippen LogP contribution is -1.94. The Morgan fingerprint density at radius 3 is 2.38 bits per heavy atom. The molecule has 0 radical (unpaired) electrons. The first kappa shape index (κ1) is 10.8. The molecule has 2 rings (SSSR count). The first-order valence-electron chi connectivity index (χ1n) is 4.63. The topological polar surface area (TPSA) is 57.4 Å². The molecule has 2 N–H and O–H groups in total. The maximum absolute atomic E-state index is 5.85. The first-order valence-corrected chi connectivity index (χ1v) is 5.01. The molecule has 0 aliphatic heterocycles. The van der Waals surface area contributed by atoms with Crippen LogP contribution in [0.3, 0.4) is 0 Å². The van der Waals surface area contributed by atoms with Crippen molar-refractivity contribution >= 4 is 28.2 Å². The molecule has 84 valence electrons. The van der Waals surface area contributed by atoms with Crippen LogP contribution < -0.4 is 15.2 Å². The minimum atomic E-state index is 0.359. The molecule has 0 saturated carbocycles. The maximum atomic E-state index is 5.85. The molecular formula is C11H11ClN2O2. The zero-order valence-corrected chi connectivity index (χ0v) is 9.71. The Morgan fingerprint density at radius 2 is 1.75 bits per heavy atom. The van der Waals surface area contributed by atoms with Crippen LogP contribution >= 0.6 is 11.6 Å². The van der Waals surface area contributed by atoms with Crippen LogP contribution in [0.5, 0.6) is 11.5 Å². The fourth-order valence-corrected chi connectivity index (χ4v) is 1.75. The van der Waals surface area contributed by atoms with E-state index in [4.69, 9.17) is 26.8 Å². The normalized spacial score (nSPS) is 10.4. The fourth-order valence-electron chi connectivity index (χ4n) is 1.55. The fraction of sp³-hybridized carbons (Fsp3) is 0.182. The first-order chi connectivity index (χ1) is 7.65. The molecule has 0 spiro atoms. The number of fused-ring (bicyclic) bond motifs is 1. The van der Waals surface area contributed by atoms with E-state index in [-0.39, 0.29) is 0 Å². The number of methoxy groups -OCH3 is 2. The van der Waals surface area contributed by atoms with Gasteiger partial charge in [-0.2, -0.15) is 0 Å². The van der Waals surface area contributed by atoms with Crippen LogP contribution in [0.25, 0.3) is 10.9 Å². The predicted molar refractivity (Wildman–Crippen MR) is 64.3 cm³/mol. The standard InChI is InChI=1S/C11H11ClN2O2/c1-15-9-3-6-7(13)4-11(12)14-8(6)5-10(9)16-2/h3-5H,1-2H3,(H2,13,14). The van der Waals surface area contributed by atoms with Crippen molar-refractivity contribution in [1.82, 2.24) is 4.98 Å². The lowest BCUT2D eigenvalue weighted by Gasteiger charge is -2.10. The van der Waals surface area contributed by atoms with Crippen LogP contribution in [0.1, 0.15) is 0 Å². The molecule has 0 fully saturated rings. The smallest absolute Gasteiger partial charge is 0.162 e. The third-order valence-electron chi connectivity index (χ3n) is 2.31. The quantitative estimate of drug-likeness (QED) is 0.817. The van der Waals surface area contributed by atoms with Gasteiger partial charge in [-0.15, -0.1) is 0 Å². The highest BCUT2D eigenvalue weighted by Crippen LogP contribution is 2.34. The van der Waals surface area contributed by atoms with Gasteiger partial charge < -0.3 is 15.2 Å². The van der Waals surface area contributed by atoms with E-state index in [0.29, 0.717) is 27.9 Å². The molecule has 1 heterocycles. The Hall–Kier alpha value is -1.68. The Bertz CT molecular complexity index is 543. The molecule has 1 aromatic carbocycles. The van der Waals surface area contributed by atoms with Gasteiger partial charge >= 0.3 is 0 Å². The zero-order valence-electron chi connectivity index (χ0n) is 8.95. The summed E-state index contributed by atoms with van der Waals surface area (Å²) in [5, 5.41) is 1.15. The average Bonchev–Trinajstić information content (AvgIpc) is 2.27. The summed E-state index contributed by atoms with van der Waals surface area (Å²) in [5.41, 5.74) is 7.10. The summed E-state index contributed by atoms with van der Waals surface area (Å²) in [6, 6.07) is 5.14. The van der Waals surface area contributed by atoms with E-state index < -0.39 is 0 Å². The van der Waals surface area contributed by atoms with Crippen molar-refractivity contribution in [3.8, 4) is 11.5 Å². The minimum Gasteiger partial charge on any atom is -0.493 e. The molecule has 0 aliphatic carbocycles. The number of nitrogens with zero attached hydrogens (tertiary/aromatic N) is 1. The molecule has 0 bridgehead atoms. The number of aromatic nitrogens is 1. The number of nitrogens with two attached hydrogens (primary N) is 1. The van der Waals surface area contributed by atoms with Gasteiger partial charge in [0.05, 0.1) is 19.7 Å². The van der Waals surface area contributed by atoms with E-state index in [2.05, 4.69) is 4.98 Å². The largest absolute Gasteiger partial charge is 0.493 e. The monoisotopic (exact) mass is 238 g/mol. The number of pyridine rings is 1. The molecule has 1 aromatic heterocycles. The Balaban J connectivity index is 2.78. The second-order valence-electron chi connectivity index (χ2n) is 3.26. The van der Waals surface area contributed by atoms with Crippen LogP contribution in [0.2, 0.25) is 5.15 Å². The average molecular weight is 239 g/mol. The van der Waals surface area contributed by atoms with Crippen molar-refractivity contribution in [3.05, 3.63) is 23.4 Å². The number of nitrogen functional groups attached to an aromatic ring is 1. The lowest BCUT2D eigenvalue weighted by atomic mass is 10.1. The third kappa shape index (κ3) is 1.72. The summed E-state index contributed by atoms with van der Waals surface area (Å²) in [6.45, 7) is 0. The van der Waals surface area contributed by atoms with Gasteiger partial charge in [-0.3, -0.25) is 0 Å². The molecule has 16 heavy (non-hydrogen) atoms. The second-order valence-corrected chi connectivity index (χ2v) is 3.65. The van der Waals surface area contributed by atoms with E-state index in [1.54, 1.807) is 32.4 Å². The van der Waals surface area contributed by atoms with E-state index in [1.165, 1.54) is 0 Å². The van der Waals surface area contributed by atoms with E-state index in [0.717, 1.165) is 5.39 Å². The Morgan fingerprint density at radius 1 is 1.12 bits per heavy atom. The number of halogens is 1. The zero-order chi connectivity index (χ0) is 11.7. The van der Waals surface area contributed by atoms with Crippen LogP contribution in [-0.4, -0.2) is 19.2 Å². The van der Waals surface area contributed by atoms with Crippen molar-refractivity contribution in [3.63, 3.8) is 0 Å². The molecule has 0 atom stereocenters. The van der Waals surface area contributed by atoms with Gasteiger partial charge in [0.15, 0.2) is 11.5 Å². The van der Waals surface area contributed by atoms with Gasteiger partial charge in [0.1, 0.15) is 5.15 Å². The molecular weight excluding hydrogens is 228 g/mol. The number of hydrogen-bond acceptors (Lipinski definition) is 4. The highest BCUT2D eigenvalue weighted by Gasteiger charge is 2.09. The summed E-state index contributed by atoms with van der Waals surface area (Å²) in [6.07, 6.45) is 0. The number of anilines is 1. The number of hydrogen-bond donors (Lipinski definition) is 1. The highest BCUT2D eigenvalue weighted by molar-refractivity contribution is 6.30. The molecule has 0 saturated heterocycles. The summed E-state index contributed by atoms with van der Waals surface area (Å²) >= 11 is 5.83. The minimum absolute atomic E-state index is 0.359. The van der Waals surface area contributed by atoms with Crippen molar-refractivity contribution in [2.45, 2.75) is 0 Å². The van der Waals surface area contributed by atoms with Crippen LogP contribution in [-0.2, 0) is 0 Å². The summed E-state index contributed by atoms with van der Waals surface area (Å²) < 4.78 is 10.4. The van der Waals surface area contributed by atoms with Crippen LogP contribution in [0.15, 0.2) is 18.2 Å². The molecule has 0 amide bonds. The maximum Gasteiger partial charge on any atom is 0.162 e. The second kappa shape index (κ2) is 4.06. The third-order valence-corrected chi connectivity index (χ3v) is 2.51. The van der Waals surface area contributed by atoms with E-state index in [1.807, 2.05) is 0 Å². The van der Waals surface area contributed by atoms with Gasteiger partial charge in [-0.1, -0.05) is 11.6 Å². The number of benzene rings is 1.